The summed E-state index contributed by atoms with van der Waals surface area (Å²) in [6.45, 7) is 5.49. The highest BCUT2D eigenvalue weighted by Crippen LogP contribution is 2.20. The van der Waals surface area contributed by atoms with Gasteiger partial charge in [0.1, 0.15) is 11.5 Å². The van der Waals surface area contributed by atoms with Crippen molar-refractivity contribution < 1.29 is 9.52 Å². The van der Waals surface area contributed by atoms with Gasteiger partial charge in [-0.3, -0.25) is 0 Å². The molecule has 0 fully saturated rings. The van der Waals surface area contributed by atoms with Gasteiger partial charge in [-0.15, -0.1) is 0 Å². The van der Waals surface area contributed by atoms with Crippen molar-refractivity contribution in [3.8, 4) is 0 Å². The number of furan rings is 1. The topological polar surface area (TPSA) is 59.4 Å². The lowest BCUT2D eigenvalue weighted by Gasteiger charge is -2.10. The predicted octanol–water partition coefficient (Wildman–Crippen LogP) is 1.28. The molecule has 1 rings (SSSR count). The first-order valence-electron chi connectivity index (χ1n) is 4.03. The molecule has 0 aliphatic heterocycles. The Morgan fingerprint density at radius 1 is 1.50 bits per heavy atom. The summed E-state index contributed by atoms with van der Waals surface area (Å²) in [4.78, 5) is 0. The van der Waals surface area contributed by atoms with Crippen LogP contribution in [0.4, 0.5) is 0 Å². The second-order valence-corrected chi connectivity index (χ2v) is 3.15. The zero-order valence-corrected chi connectivity index (χ0v) is 7.66. The summed E-state index contributed by atoms with van der Waals surface area (Å²) in [5.74, 6) is 1.51. The van der Waals surface area contributed by atoms with E-state index in [2.05, 4.69) is 0 Å². The number of aliphatic hydroxyl groups excluding tert-OH is 1. The molecule has 68 valence electrons. The normalized spacial score (nSPS) is 16.1. The highest BCUT2D eigenvalue weighted by atomic mass is 16.3. The lowest BCUT2D eigenvalue weighted by atomic mass is 10.1. The average Bonchev–Trinajstić information content (AvgIpc) is 2.30. The molecule has 0 aliphatic rings. The maximum absolute atomic E-state index is 9.19. The Kier molecular flexibility index (Phi) is 2.55. The van der Waals surface area contributed by atoms with Gasteiger partial charge in [-0.1, -0.05) is 0 Å². The SMILES string of the molecule is Cc1cc([C@H](N)[C@H](C)O)oc1C. The maximum Gasteiger partial charge on any atom is 0.123 e. The number of aryl methyl sites for hydroxylation is 2. The molecule has 0 radical (unpaired) electrons. The molecule has 1 aromatic rings. The van der Waals surface area contributed by atoms with Gasteiger partial charge in [0.2, 0.25) is 0 Å². The summed E-state index contributed by atoms with van der Waals surface area (Å²) in [5, 5.41) is 9.19. The van der Waals surface area contributed by atoms with E-state index in [-0.39, 0.29) is 0 Å². The van der Waals surface area contributed by atoms with Gasteiger partial charge in [0, 0.05) is 0 Å². The van der Waals surface area contributed by atoms with Gasteiger partial charge in [0.05, 0.1) is 12.1 Å². The minimum absolute atomic E-state index is 0.419. The summed E-state index contributed by atoms with van der Waals surface area (Å²) in [6, 6.07) is 1.45. The van der Waals surface area contributed by atoms with Crippen LogP contribution in [-0.2, 0) is 0 Å². The summed E-state index contributed by atoms with van der Waals surface area (Å²) in [5.41, 5.74) is 6.75. The molecule has 2 atom stereocenters. The first-order valence-corrected chi connectivity index (χ1v) is 4.03. The first-order chi connectivity index (χ1) is 5.52. The molecule has 3 N–H and O–H groups in total. The van der Waals surface area contributed by atoms with Gasteiger partial charge >= 0.3 is 0 Å². The molecular weight excluding hydrogens is 154 g/mol. The number of nitrogens with two attached hydrogens (primary N) is 1. The van der Waals surface area contributed by atoms with Crippen molar-refractivity contribution in [3.63, 3.8) is 0 Å². The van der Waals surface area contributed by atoms with Crippen molar-refractivity contribution in [1.29, 1.82) is 0 Å². The zero-order valence-electron chi connectivity index (χ0n) is 7.66. The van der Waals surface area contributed by atoms with Crippen LogP contribution in [-0.4, -0.2) is 11.2 Å². The van der Waals surface area contributed by atoms with Gasteiger partial charge in [-0.2, -0.15) is 0 Å². The van der Waals surface area contributed by atoms with E-state index < -0.39 is 12.1 Å². The zero-order chi connectivity index (χ0) is 9.30. The van der Waals surface area contributed by atoms with E-state index in [0.29, 0.717) is 5.76 Å². The van der Waals surface area contributed by atoms with Gasteiger partial charge in [-0.25, -0.2) is 0 Å². The Morgan fingerprint density at radius 2 is 2.08 bits per heavy atom. The Labute approximate surface area is 72.2 Å². The third-order valence-electron chi connectivity index (χ3n) is 2.03. The minimum Gasteiger partial charge on any atom is -0.464 e. The van der Waals surface area contributed by atoms with Crippen LogP contribution in [0, 0.1) is 13.8 Å². The number of hydrogen-bond donors (Lipinski definition) is 2. The Bertz CT molecular complexity index is 246. The van der Waals surface area contributed by atoms with Crippen LogP contribution < -0.4 is 5.73 Å². The van der Waals surface area contributed by atoms with Crippen molar-refractivity contribution in [2.45, 2.75) is 32.9 Å². The maximum atomic E-state index is 9.19. The third kappa shape index (κ3) is 1.68. The fraction of sp³-hybridized carbons (Fsp3) is 0.556. The minimum atomic E-state index is -0.574. The van der Waals surface area contributed by atoms with Gasteiger partial charge in [-0.05, 0) is 32.4 Å². The largest absolute Gasteiger partial charge is 0.464 e. The molecule has 0 unspecified atom stereocenters. The monoisotopic (exact) mass is 169 g/mol. The summed E-state index contributed by atoms with van der Waals surface area (Å²) >= 11 is 0. The molecule has 0 aliphatic carbocycles. The molecule has 3 nitrogen and oxygen atoms in total. The van der Waals surface area contributed by atoms with Crippen molar-refractivity contribution in [2.75, 3.05) is 0 Å². The van der Waals surface area contributed by atoms with Crippen LogP contribution in [0.1, 0.15) is 30.0 Å². The molecule has 1 aromatic heterocycles. The van der Waals surface area contributed by atoms with Gasteiger partial charge in [0.15, 0.2) is 0 Å². The van der Waals surface area contributed by atoms with Crippen molar-refractivity contribution in [2.24, 2.45) is 5.73 Å². The van der Waals surface area contributed by atoms with E-state index in [4.69, 9.17) is 10.2 Å². The molecule has 12 heavy (non-hydrogen) atoms. The fourth-order valence-corrected chi connectivity index (χ4v) is 1.00. The average molecular weight is 169 g/mol. The molecule has 0 saturated carbocycles. The van der Waals surface area contributed by atoms with Crippen LogP contribution in [0.15, 0.2) is 10.5 Å². The van der Waals surface area contributed by atoms with Gasteiger partial charge < -0.3 is 15.3 Å². The first kappa shape index (κ1) is 9.29. The number of hydrogen-bond acceptors (Lipinski definition) is 3. The molecule has 0 spiro atoms. The van der Waals surface area contributed by atoms with Crippen LogP contribution in [0.2, 0.25) is 0 Å². The molecule has 3 heteroatoms. The van der Waals surface area contributed by atoms with Crippen molar-refractivity contribution >= 4 is 0 Å². The second-order valence-electron chi connectivity index (χ2n) is 3.15. The van der Waals surface area contributed by atoms with E-state index in [1.165, 1.54) is 0 Å². The van der Waals surface area contributed by atoms with Crippen LogP contribution >= 0.6 is 0 Å². The highest BCUT2D eigenvalue weighted by molar-refractivity contribution is 5.21. The number of aliphatic hydroxyl groups is 1. The van der Waals surface area contributed by atoms with Crippen LogP contribution in [0.3, 0.4) is 0 Å². The second kappa shape index (κ2) is 3.29. The molecule has 0 amide bonds. The summed E-state index contributed by atoms with van der Waals surface area (Å²) in [7, 11) is 0. The standard InChI is InChI=1S/C9H15NO2/c1-5-4-8(12-7(5)3)9(10)6(2)11/h4,6,9,11H,10H2,1-3H3/t6-,9+/m0/s1. The van der Waals surface area contributed by atoms with Crippen molar-refractivity contribution in [1.82, 2.24) is 0 Å². The summed E-state index contributed by atoms with van der Waals surface area (Å²) in [6.07, 6.45) is -0.574. The molecule has 0 aromatic carbocycles. The van der Waals surface area contributed by atoms with Crippen LogP contribution in [0.25, 0.3) is 0 Å². The highest BCUT2D eigenvalue weighted by Gasteiger charge is 2.16. The van der Waals surface area contributed by atoms with E-state index in [1.54, 1.807) is 6.92 Å². The Hall–Kier alpha value is -0.800. The summed E-state index contributed by atoms with van der Waals surface area (Å²) < 4.78 is 5.35. The quantitative estimate of drug-likeness (QED) is 0.701. The van der Waals surface area contributed by atoms with Gasteiger partial charge in [0.25, 0.3) is 0 Å². The van der Waals surface area contributed by atoms with E-state index >= 15 is 0 Å². The lowest BCUT2D eigenvalue weighted by Crippen LogP contribution is -2.22. The molecular formula is C9H15NO2. The predicted molar refractivity (Wildman–Crippen MR) is 46.8 cm³/mol. The van der Waals surface area contributed by atoms with E-state index in [9.17, 15) is 5.11 Å². The third-order valence-corrected chi connectivity index (χ3v) is 2.03. The Morgan fingerprint density at radius 3 is 2.42 bits per heavy atom. The number of rotatable bonds is 2. The smallest absolute Gasteiger partial charge is 0.123 e. The Balaban J connectivity index is 2.89. The molecule has 0 saturated heterocycles. The molecule has 0 bridgehead atoms. The van der Waals surface area contributed by atoms with Crippen molar-refractivity contribution in [3.05, 3.63) is 23.2 Å². The van der Waals surface area contributed by atoms with Crippen LogP contribution in [0.5, 0.6) is 0 Å². The fourth-order valence-electron chi connectivity index (χ4n) is 1.00. The van der Waals surface area contributed by atoms with E-state index in [1.807, 2.05) is 19.9 Å². The van der Waals surface area contributed by atoms with E-state index in [0.717, 1.165) is 11.3 Å². The molecule has 1 heterocycles. The lowest BCUT2D eigenvalue weighted by molar-refractivity contribution is 0.153.